The van der Waals surface area contributed by atoms with E-state index in [1.54, 1.807) is 0 Å². The molecule has 2 aromatic rings. The van der Waals surface area contributed by atoms with E-state index in [4.69, 9.17) is 5.73 Å². The Morgan fingerprint density at radius 3 is 2.65 bits per heavy atom. The zero-order valence-corrected chi connectivity index (χ0v) is 12.6. The number of carbonyl (C=O) groups excluding carboxylic acids is 1. The summed E-state index contributed by atoms with van der Waals surface area (Å²) in [5, 5.41) is 0. The lowest BCUT2D eigenvalue weighted by Gasteiger charge is -2.39. The Kier molecular flexibility index (Phi) is 3.15. The summed E-state index contributed by atoms with van der Waals surface area (Å²) in [7, 11) is 0. The van der Waals surface area contributed by atoms with Crippen LogP contribution in [0.4, 0.5) is 17.1 Å². The lowest BCUT2D eigenvalue weighted by Crippen LogP contribution is -2.38. The number of hydrogen-bond acceptors (Lipinski definition) is 3. The first-order valence-corrected chi connectivity index (χ1v) is 7.64. The third-order valence-corrected chi connectivity index (χ3v) is 4.24. The molecule has 2 aliphatic heterocycles. The van der Waals surface area contributed by atoms with Crippen molar-refractivity contribution in [3.63, 3.8) is 0 Å². The maximum Gasteiger partial charge on any atom is 0.219 e. The van der Waals surface area contributed by atoms with Crippen molar-refractivity contribution in [1.29, 1.82) is 0 Å². The van der Waals surface area contributed by atoms with Gasteiger partial charge in [-0.3, -0.25) is 4.79 Å². The number of carbonyl (C=O) groups is 1. The molecule has 4 nitrogen and oxygen atoms in total. The van der Waals surface area contributed by atoms with E-state index < -0.39 is 0 Å². The minimum absolute atomic E-state index is 0.0321. The monoisotopic (exact) mass is 303 g/mol. The van der Waals surface area contributed by atoms with Crippen LogP contribution in [0.5, 0.6) is 0 Å². The fraction of sp³-hybridized carbons (Fsp3) is 0.105. The van der Waals surface area contributed by atoms with E-state index in [9.17, 15) is 4.79 Å². The summed E-state index contributed by atoms with van der Waals surface area (Å²) in [5.41, 5.74) is 9.88. The summed E-state index contributed by atoms with van der Waals surface area (Å²) in [6.07, 6.45) is 8.48. The predicted octanol–water partition coefficient (Wildman–Crippen LogP) is 3.39. The number of hydrogen-bond donors (Lipinski definition) is 1. The summed E-state index contributed by atoms with van der Waals surface area (Å²) in [4.78, 5) is 15.7. The molecule has 2 heterocycles. The Labute approximate surface area is 135 Å². The van der Waals surface area contributed by atoms with Crippen molar-refractivity contribution in [2.75, 3.05) is 9.80 Å². The number of amides is 1. The molecule has 2 aromatic carbocycles. The topological polar surface area (TPSA) is 49.6 Å². The Morgan fingerprint density at radius 2 is 1.87 bits per heavy atom. The van der Waals surface area contributed by atoms with E-state index in [1.165, 1.54) is 0 Å². The smallest absolute Gasteiger partial charge is 0.219 e. The second kappa shape index (κ2) is 5.32. The summed E-state index contributed by atoms with van der Waals surface area (Å²) in [6.45, 7) is 0. The first-order valence-electron chi connectivity index (χ1n) is 7.64. The predicted molar refractivity (Wildman–Crippen MR) is 93.3 cm³/mol. The van der Waals surface area contributed by atoms with Gasteiger partial charge < -0.3 is 15.5 Å². The molecular formula is C19H17N3O. The van der Waals surface area contributed by atoms with Gasteiger partial charge in [0.05, 0.1) is 23.8 Å². The molecule has 2 N–H and O–H groups in total. The van der Waals surface area contributed by atoms with E-state index in [0.717, 1.165) is 22.6 Å². The second-order valence-electron chi connectivity index (χ2n) is 5.72. The van der Waals surface area contributed by atoms with Gasteiger partial charge in [0.15, 0.2) is 0 Å². The highest BCUT2D eigenvalue weighted by Crippen LogP contribution is 2.44. The van der Waals surface area contributed by atoms with Crippen LogP contribution in [0.1, 0.15) is 12.0 Å². The summed E-state index contributed by atoms with van der Waals surface area (Å²) in [6, 6.07) is 16.4. The Hall–Kier alpha value is -3.01. The highest BCUT2D eigenvalue weighted by molar-refractivity contribution is 5.91. The Bertz CT molecular complexity index is 811. The van der Waals surface area contributed by atoms with E-state index >= 15 is 0 Å². The zero-order chi connectivity index (χ0) is 15.8. The second-order valence-corrected chi connectivity index (χ2v) is 5.72. The van der Waals surface area contributed by atoms with Crippen LogP contribution in [0.25, 0.3) is 6.08 Å². The van der Waals surface area contributed by atoms with Crippen LogP contribution in [-0.4, -0.2) is 11.9 Å². The third-order valence-electron chi connectivity index (χ3n) is 4.24. The molecule has 1 amide bonds. The molecule has 0 spiro atoms. The normalized spacial score (nSPS) is 18.0. The molecule has 114 valence electrons. The highest BCUT2D eigenvalue weighted by Gasteiger charge is 2.29. The fourth-order valence-electron chi connectivity index (χ4n) is 3.22. The maximum atomic E-state index is 11.4. The standard InChI is InChI=1S/C19H17N3O/c20-18(23)13-16-10-9-14-5-4-8-17-19(14)22(16)12-11-21(17)15-6-2-1-3-7-15/h1-12,16H,13H2,(H2,20,23). The number of nitrogens with zero attached hydrogens (tertiary/aromatic N) is 2. The molecule has 0 radical (unpaired) electrons. The van der Waals surface area contributed by atoms with Crippen LogP contribution >= 0.6 is 0 Å². The maximum absolute atomic E-state index is 11.4. The van der Waals surface area contributed by atoms with Crippen molar-refractivity contribution in [1.82, 2.24) is 0 Å². The number of primary amides is 1. The fourth-order valence-corrected chi connectivity index (χ4v) is 3.22. The van der Waals surface area contributed by atoms with Gasteiger partial charge in [0.25, 0.3) is 0 Å². The zero-order valence-electron chi connectivity index (χ0n) is 12.6. The molecule has 0 saturated heterocycles. The van der Waals surface area contributed by atoms with Gasteiger partial charge in [-0.05, 0) is 18.2 Å². The molecule has 0 fully saturated rings. The summed E-state index contributed by atoms with van der Waals surface area (Å²) < 4.78 is 0. The highest BCUT2D eigenvalue weighted by atomic mass is 16.1. The summed E-state index contributed by atoms with van der Waals surface area (Å²) in [5.74, 6) is -0.292. The molecule has 0 saturated carbocycles. The van der Waals surface area contributed by atoms with Crippen LogP contribution < -0.4 is 15.5 Å². The van der Waals surface area contributed by atoms with E-state index in [1.807, 2.05) is 36.7 Å². The van der Waals surface area contributed by atoms with Gasteiger partial charge in [-0.1, -0.05) is 42.5 Å². The van der Waals surface area contributed by atoms with Crippen LogP contribution in [-0.2, 0) is 4.79 Å². The molecular weight excluding hydrogens is 286 g/mol. The molecule has 0 aliphatic carbocycles. The van der Waals surface area contributed by atoms with Gasteiger partial charge in [0.1, 0.15) is 0 Å². The molecule has 23 heavy (non-hydrogen) atoms. The molecule has 2 aliphatic rings. The van der Waals surface area contributed by atoms with Gasteiger partial charge in [-0.25, -0.2) is 0 Å². The van der Waals surface area contributed by atoms with E-state index in [2.05, 4.69) is 46.2 Å². The van der Waals surface area contributed by atoms with Crippen LogP contribution in [0.3, 0.4) is 0 Å². The average molecular weight is 303 g/mol. The van der Waals surface area contributed by atoms with Crippen LogP contribution in [0, 0.1) is 0 Å². The van der Waals surface area contributed by atoms with Gasteiger partial charge >= 0.3 is 0 Å². The first kappa shape index (κ1) is 13.6. The Morgan fingerprint density at radius 1 is 1.04 bits per heavy atom. The largest absolute Gasteiger partial charge is 0.370 e. The number of rotatable bonds is 3. The van der Waals surface area contributed by atoms with Gasteiger partial charge in [-0.2, -0.15) is 0 Å². The van der Waals surface area contributed by atoms with Crippen LogP contribution in [0.15, 0.2) is 67.0 Å². The number of anilines is 3. The Balaban J connectivity index is 1.82. The minimum Gasteiger partial charge on any atom is -0.370 e. The quantitative estimate of drug-likeness (QED) is 0.945. The van der Waals surface area contributed by atoms with E-state index in [0.29, 0.717) is 6.42 Å². The number of benzene rings is 2. The van der Waals surface area contributed by atoms with Crippen molar-refractivity contribution in [2.45, 2.75) is 12.5 Å². The number of nitrogens with two attached hydrogens (primary N) is 1. The van der Waals surface area contributed by atoms with Crippen LogP contribution in [0.2, 0.25) is 0 Å². The minimum atomic E-state index is -0.292. The SMILES string of the molecule is NC(=O)CC1C=Cc2cccc3c2N1C=CN3c1ccccc1. The van der Waals surface area contributed by atoms with Crippen molar-refractivity contribution < 1.29 is 4.79 Å². The molecule has 1 unspecified atom stereocenters. The molecule has 0 bridgehead atoms. The molecule has 1 atom stereocenters. The van der Waals surface area contributed by atoms with Crippen molar-refractivity contribution >= 4 is 29.0 Å². The lowest BCUT2D eigenvalue weighted by molar-refractivity contribution is -0.118. The van der Waals surface area contributed by atoms with Crippen molar-refractivity contribution in [2.24, 2.45) is 5.73 Å². The van der Waals surface area contributed by atoms with Gasteiger partial charge in [-0.15, -0.1) is 0 Å². The molecule has 4 rings (SSSR count). The average Bonchev–Trinajstić information content (AvgIpc) is 2.58. The molecule has 4 heteroatoms. The summed E-state index contributed by atoms with van der Waals surface area (Å²) >= 11 is 0. The van der Waals surface area contributed by atoms with Crippen molar-refractivity contribution in [3.8, 4) is 0 Å². The van der Waals surface area contributed by atoms with Gasteiger partial charge in [0.2, 0.25) is 5.91 Å². The first-order chi connectivity index (χ1) is 11.2. The van der Waals surface area contributed by atoms with Gasteiger partial charge in [0, 0.05) is 23.7 Å². The molecule has 0 aromatic heterocycles. The number of para-hydroxylation sites is 2. The van der Waals surface area contributed by atoms with Crippen molar-refractivity contribution in [3.05, 3.63) is 72.6 Å². The third kappa shape index (κ3) is 2.28. The lowest BCUT2D eigenvalue weighted by atomic mass is 9.98. The van der Waals surface area contributed by atoms with E-state index in [-0.39, 0.29) is 11.9 Å².